The van der Waals surface area contributed by atoms with Crippen LogP contribution in [-0.2, 0) is 0 Å². The summed E-state index contributed by atoms with van der Waals surface area (Å²) in [6.07, 6.45) is 1.10. The van der Waals surface area contributed by atoms with Crippen LogP contribution in [0.25, 0.3) is 0 Å². The highest BCUT2D eigenvalue weighted by atomic mass is 14.9. The predicted molar refractivity (Wildman–Crippen MR) is 77.5 cm³/mol. The van der Waals surface area contributed by atoms with Gasteiger partial charge in [0.05, 0.1) is 0 Å². The van der Waals surface area contributed by atoms with Crippen LogP contribution in [0.5, 0.6) is 0 Å². The van der Waals surface area contributed by atoms with E-state index in [9.17, 15) is 0 Å². The minimum absolute atomic E-state index is 0.372. The summed E-state index contributed by atoms with van der Waals surface area (Å²) in [5.41, 5.74) is 2.70. The van der Waals surface area contributed by atoms with Crippen molar-refractivity contribution in [1.82, 2.24) is 5.32 Å². The molecule has 2 rings (SSSR count). The Balaban J connectivity index is 2.07. The highest BCUT2D eigenvalue weighted by molar-refractivity contribution is 5.22. The molecule has 18 heavy (non-hydrogen) atoms. The zero-order valence-electron chi connectivity index (χ0n) is 11.1. The van der Waals surface area contributed by atoms with Crippen LogP contribution < -0.4 is 5.32 Å². The third-order valence-electron chi connectivity index (χ3n) is 3.36. The van der Waals surface area contributed by atoms with E-state index in [2.05, 4.69) is 79.8 Å². The summed E-state index contributed by atoms with van der Waals surface area (Å²) < 4.78 is 0. The van der Waals surface area contributed by atoms with Crippen LogP contribution in [0.4, 0.5) is 0 Å². The highest BCUT2D eigenvalue weighted by Gasteiger charge is 2.12. The van der Waals surface area contributed by atoms with Gasteiger partial charge in [-0.3, -0.25) is 0 Å². The van der Waals surface area contributed by atoms with Crippen LogP contribution in [0.3, 0.4) is 0 Å². The average Bonchev–Trinajstić information content (AvgIpc) is 2.46. The molecule has 0 spiro atoms. The second-order valence-electron chi connectivity index (χ2n) is 4.67. The van der Waals surface area contributed by atoms with E-state index >= 15 is 0 Å². The Hall–Kier alpha value is -1.60. The molecule has 94 valence electrons. The maximum Gasteiger partial charge on any atom is 0.0323 e. The van der Waals surface area contributed by atoms with Crippen LogP contribution in [-0.4, -0.2) is 0 Å². The monoisotopic (exact) mass is 239 g/mol. The highest BCUT2D eigenvalue weighted by Crippen LogP contribution is 2.21. The van der Waals surface area contributed by atoms with Gasteiger partial charge in [-0.1, -0.05) is 67.6 Å². The Kier molecular flexibility index (Phi) is 4.54. The van der Waals surface area contributed by atoms with Gasteiger partial charge in [0, 0.05) is 12.1 Å². The number of rotatable bonds is 5. The summed E-state index contributed by atoms with van der Waals surface area (Å²) in [4.78, 5) is 0. The van der Waals surface area contributed by atoms with E-state index in [0.717, 1.165) is 6.42 Å². The fourth-order valence-electron chi connectivity index (χ4n) is 2.27. The number of hydrogen-bond acceptors (Lipinski definition) is 1. The van der Waals surface area contributed by atoms with Gasteiger partial charge in [-0.15, -0.1) is 0 Å². The summed E-state index contributed by atoms with van der Waals surface area (Å²) >= 11 is 0. The first kappa shape index (κ1) is 12.8. The molecule has 1 nitrogen and oxygen atoms in total. The molecule has 1 N–H and O–H groups in total. The third kappa shape index (κ3) is 3.21. The Morgan fingerprint density at radius 1 is 0.833 bits per heavy atom. The number of hydrogen-bond donors (Lipinski definition) is 1. The standard InChI is InChI=1S/C17H21N/c1-3-17(16-12-8-5-9-13-16)18-14(2)15-10-6-4-7-11-15/h4-14,17-18H,3H2,1-2H3/t14-,17?/m0/s1. The van der Waals surface area contributed by atoms with Crippen LogP contribution in [0.1, 0.15) is 43.5 Å². The molecule has 0 fully saturated rings. The molecule has 0 amide bonds. The zero-order valence-corrected chi connectivity index (χ0v) is 11.1. The van der Waals surface area contributed by atoms with Gasteiger partial charge in [0.25, 0.3) is 0 Å². The van der Waals surface area contributed by atoms with E-state index in [0.29, 0.717) is 12.1 Å². The molecule has 0 aliphatic heterocycles. The van der Waals surface area contributed by atoms with Crippen LogP contribution >= 0.6 is 0 Å². The van der Waals surface area contributed by atoms with Crippen molar-refractivity contribution < 1.29 is 0 Å². The van der Waals surface area contributed by atoms with Gasteiger partial charge >= 0.3 is 0 Å². The normalized spacial score (nSPS) is 14.1. The van der Waals surface area contributed by atoms with E-state index in [4.69, 9.17) is 0 Å². The first-order valence-electron chi connectivity index (χ1n) is 6.67. The molecule has 2 atom stereocenters. The lowest BCUT2D eigenvalue weighted by molar-refractivity contribution is 0.456. The lowest BCUT2D eigenvalue weighted by atomic mass is 10.0. The molecule has 0 aliphatic rings. The van der Waals surface area contributed by atoms with E-state index in [1.54, 1.807) is 0 Å². The minimum Gasteiger partial charge on any atom is -0.303 e. The van der Waals surface area contributed by atoms with Crippen molar-refractivity contribution >= 4 is 0 Å². The molecule has 0 aromatic heterocycles. The van der Waals surface area contributed by atoms with E-state index < -0.39 is 0 Å². The molecule has 2 aromatic rings. The fourth-order valence-corrected chi connectivity index (χ4v) is 2.27. The van der Waals surface area contributed by atoms with Gasteiger partial charge < -0.3 is 5.32 Å². The topological polar surface area (TPSA) is 12.0 Å². The first-order valence-corrected chi connectivity index (χ1v) is 6.67. The molecule has 0 saturated carbocycles. The van der Waals surface area contributed by atoms with Crippen molar-refractivity contribution in [3.8, 4) is 0 Å². The molecule has 0 saturated heterocycles. The Morgan fingerprint density at radius 2 is 1.33 bits per heavy atom. The molecule has 1 heteroatoms. The van der Waals surface area contributed by atoms with Crippen LogP contribution in [0.2, 0.25) is 0 Å². The number of benzene rings is 2. The Labute approximate surface area is 110 Å². The van der Waals surface area contributed by atoms with E-state index in [1.807, 2.05) is 0 Å². The minimum atomic E-state index is 0.372. The van der Waals surface area contributed by atoms with Gasteiger partial charge in [0.1, 0.15) is 0 Å². The van der Waals surface area contributed by atoms with Crippen molar-refractivity contribution in [2.24, 2.45) is 0 Å². The number of nitrogens with one attached hydrogen (secondary N) is 1. The van der Waals surface area contributed by atoms with E-state index in [1.165, 1.54) is 11.1 Å². The maximum atomic E-state index is 3.70. The maximum absolute atomic E-state index is 3.70. The molecule has 0 heterocycles. The largest absolute Gasteiger partial charge is 0.303 e. The quantitative estimate of drug-likeness (QED) is 0.810. The Morgan fingerprint density at radius 3 is 1.83 bits per heavy atom. The Bertz CT molecular complexity index is 450. The van der Waals surface area contributed by atoms with Crippen LogP contribution in [0, 0.1) is 0 Å². The van der Waals surface area contributed by atoms with Crippen molar-refractivity contribution in [3.05, 3.63) is 71.8 Å². The van der Waals surface area contributed by atoms with Gasteiger partial charge in [0.2, 0.25) is 0 Å². The molecule has 1 unspecified atom stereocenters. The fraction of sp³-hybridized carbons (Fsp3) is 0.294. The summed E-state index contributed by atoms with van der Waals surface area (Å²) in [6.45, 7) is 4.45. The van der Waals surface area contributed by atoms with Gasteiger partial charge in [-0.2, -0.15) is 0 Å². The summed E-state index contributed by atoms with van der Waals surface area (Å²) in [5.74, 6) is 0. The molecular weight excluding hydrogens is 218 g/mol. The summed E-state index contributed by atoms with van der Waals surface area (Å²) in [7, 11) is 0. The van der Waals surface area contributed by atoms with Crippen LogP contribution in [0.15, 0.2) is 60.7 Å². The summed E-state index contributed by atoms with van der Waals surface area (Å²) in [5, 5.41) is 3.70. The molecule has 0 bridgehead atoms. The van der Waals surface area contributed by atoms with Crippen molar-refractivity contribution in [2.45, 2.75) is 32.4 Å². The van der Waals surface area contributed by atoms with Crippen molar-refractivity contribution in [1.29, 1.82) is 0 Å². The van der Waals surface area contributed by atoms with Crippen molar-refractivity contribution in [3.63, 3.8) is 0 Å². The second-order valence-corrected chi connectivity index (χ2v) is 4.67. The summed E-state index contributed by atoms with van der Waals surface area (Å²) in [6, 6.07) is 22.1. The van der Waals surface area contributed by atoms with Gasteiger partial charge in [0.15, 0.2) is 0 Å². The average molecular weight is 239 g/mol. The predicted octanol–water partition coefficient (Wildman–Crippen LogP) is 4.49. The molecular formula is C17H21N. The lowest BCUT2D eigenvalue weighted by Gasteiger charge is -2.23. The third-order valence-corrected chi connectivity index (χ3v) is 3.36. The van der Waals surface area contributed by atoms with Crippen molar-refractivity contribution in [2.75, 3.05) is 0 Å². The zero-order chi connectivity index (χ0) is 12.8. The lowest BCUT2D eigenvalue weighted by Crippen LogP contribution is -2.24. The molecule has 0 aliphatic carbocycles. The first-order chi connectivity index (χ1) is 8.81. The molecule has 2 aromatic carbocycles. The SMILES string of the molecule is CCC(N[C@@H](C)c1ccccc1)c1ccccc1. The van der Waals surface area contributed by atoms with Gasteiger partial charge in [-0.05, 0) is 24.5 Å². The second kappa shape index (κ2) is 6.36. The smallest absolute Gasteiger partial charge is 0.0323 e. The molecule has 0 radical (unpaired) electrons. The van der Waals surface area contributed by atoms with Gasteiger partial charge in [-0.25, -0.2) is 0 Å². The van der Waals surface area contributed by atoms with E-state index in [-0.39, 0.29) is 0 Å².